The van der Waals surface area contributed by atoms with Crippen LogP contribution in [0.5, 0.6) is 0 Å². The van der Waals surface area contributed by atoms with Crippen molar-refractivity contribution in [1.29, 1.82) is 0 Å². The number of carbonyl (C=O) groups is 1. The first-order valence-corrected chi connectivity index (χ1v) is 6.13. The molecule has 0 amide bonds. The van der Waals surface area contributed by atoms with E-state index in [1.54, 1.807) is 12.1 Å². The van der Waals surface area contributed by atoms with Crippen LogP contribution >= 0.6 is 0 Å². The van der Waals surface area contributed by atoms with E-state index in [4.69, 9.17) is 0 Å². The van der Waals surface area contributed by atoms with Gasteiger partial charge in [0.25, 0.3) is 0 Å². The van der Waals surface area contributed by atoms with Crippen LogP contribution in [0.3, 0.4) is 0 Å². The van der Waals surface area contributed by atoms with E-state index in [0.717, 1.165) is 24.9 Å². The summed E-state index contributed by atoms with van der Waals surface area (Å²) >= 11 is 0. The van der Waals surface area contributed by atoms with Crippen LogP contribution in [0.25, 0.3) is 0 Å². The van der Waals surface area contributed by atoms with Gasteiger partial charge in [-0.3, -0.25) is 0 Å². The summed E-state index contributed by atoms with van der Waals surface area (Å²) in [5.41, 5.74) is 0.981. The number of carboxylic acid groups (broad SMARTS) is 1. The lowest BCUT2D eigenvalue weighted by atomic mass is 9.85. The summed E-state index contributed by atoms with van der Waals surface area (Å²) in [5, 5.41) is 12.7. The maximum absolute atomic E-state index is 11.2. The van der Waals surface area contributed by atoms with E-state index in [1.165, 1.54) is 0 Å². The minimum Gasteiger partial charge on any atom is -0.478 e. The molecule has 0 radical (unpaired) electrons. The normalized spacial score (nSPS) is 14.3. The molecule has 1 unspecified atom stereocenters. The zero-order valence-corrected chi connectivity index (χ0v) is 10.8. The van der Waals surface area contributed by atoms with Gasteiger partial charge in [0.15, 0.2) is 0 Å². The number of benzene rings is 1. The quantitative estimate of drug-likeness (QED) is 0.797. The molecule has 0 aromatic heterocycles. The summed E-state index contributed by atoms with van der Waals surface area (Å²) in [6.45, 7) is 7.12. The molecule has 1 rings (SSSR count). The number of rotatable bonds is 6. The van der Waals surface area contributed by atoms with Crippen molar-refractivity contribution in [3.63, 3.8) is 0 Å². The summed E-state index contributed by atoms with van der Waals surface area (Å²) in [7, 11) is 0. The van der Waals surface area contributed by atoms with Crippen LogP contribution in [-0.4, -0.2) is 17.6 Å². The first-order chi connectivity index (χ1) is 8.05. The van der Waals surface area contributed by atoms with E-state index in [9.17, 15) is 9.90 Å². The van der Waals surface area contributed by atoms with E-state index >= 15 is 0 Å². The van der Waals surface area contributed by atoms with Gasteiger partial charge in [0.1, 0.15) is 0 Å². The third kappa shape index (κ3) is 3.07. The zero-order chi connectivity index (χ0) is 12.9. The second-order valence-corrected chi connectivity index (χ2v) is 4.46. The Morgan fingerprint density at radius 3 is 2.53 bits per heavy atom. The van der Waals surface area contributed by atoms with Gasteiger partial charge in [0, 0.05) is 5.54 Å². The highest BCUT2D eigenvalue weighted by atomic mass is 16.4. The van der Waals surface area contributed by atoms with Crippen molar-refractivity contribution in [3.05, 3.63) is 35.4 Å². The maximum atomic E-state index is 11.2. The van der Waals surface area contributed by atoms with Crippen LogP contribution in [-0.2, 0) is 5.54 Å². The number of aromatic carboxylic acids is 1. The minimum atomic E-state index is -0.862. The zero-order valence-electron chi connectivity index (χ0n) is 10.8. The van der Waals surface area contributed by atoms with E-state index in [-0.39, 0.29) is 5.54 Å². The average Bonchev–Trinajstić information content (AvgIpc) is 2.36. The van der Waals surface area contributed by atoms with Crippen molar-refractivity contribution < 1.29 is 9.90 Å². The fourth-order valence-electron chi connectivity index (χ4n) is 1.96. The second kappa shape index (κ2) is 5.82. The molecule has 94 valence electrons. The fraction of sp³-hybridized carbons (Fsp3) is 0.500. The predicted molar refractivity (Wildman–Crippen MR) is 69.3 cm³/mol. The molecule has 0 aliphatic carbocycles. The van der Waals surface area contributed by atoms with Crippen molar-refractivity contribution in [2.75, 3.05) is 6.54 Å². The maximum Gasteiger partial charge on any atom is 0.336 e. The number of nitrogens with one attached hydrogen (secondary N) is 1. The van der Waals surface area contributed by atoms with Gasteiger partial charge < -0.3 is 10.4 Å². The minimum absolute atomic E-state index is 0.273. The predicted octanol–water partition coefficient (Wildman–Crippen LogP) is 3.01. The molecule has 17 heavy (non-hydrogen) atoms. The lowest BCUT2D eigenvalue weighted by molar-refractivity contribution is 0.0693. The average molecular weight is 235 g/mol. The van der Waals surface area contributed by atoms with Crippen molar-refractivity contribution in [2.24, 2.45) is 0 Å². The molecule has 0 saturated heterocycles. The Bertz CT molecular complexity index is 390. The van der Waals surface area contributed by atoms with E-state index < -0.39 is 5.97 Å². The molecule has 1 aromatic rings. The van der Waals surface area contributed by atoms with Gasteiger partial charge in [0.2, 0.25) is 0 Å². The van der Waals surface area contributed by atoms with Crippen LogP contribution in [0, 0.1) is 0 Å². The Kier molecular flexibility index (Phi) is 4.70. The molecule has 1 aromatic carbocycles. The van der Waals surface area contributed by atoms with E-state index in [0.29, 0.717) is 5.56 Å². The van der Waals surface area contributed by atoms with Gasteiger partial charge in [0.05, 0.1) is 5.56 Å². The molecule has 2 N–H and O–H groups in total. The number of carboxylic acids is 1. The van der Waals surface area contributed by atoms with Crippen LogP contribution in [0.4, 0.5) is 0 Å². The largest absolute Gasteiger partial charge is 0.478 e. The third-order valence-electron chi connectivity index (χ3n) is 3.22. The molecule has 0 spiro atoms. The van der Waals surface area contributed by atoms with Gasteiger partial charge >= 0.3 is 5.97 Å². The summed E-state index contributed by atoms with van der Waals surface area (Å²) in [5.74, 6) is -0.862. The van der Waals surface area contributed by atoms with Crippen molar-refractivity contribution in [1.82, 2.24) is 5.32 Å². The van der Waals surface area contributed by atoms with Crippen molar-refractivity contribution >= 4 is 5.97 Å². The van der Waals surface area contributed by atoms with Gasteiger partial charge in [-0.15, -0.1) is 0 Å². The SMILES string of the molecule is CCCNC(C)(CC)c1ccccc1C(=O)O. The third-order valence-corrected chi connectivity index (χ3v) is 3.22. The van der Waals surface area contributed by atoms with Gasteiger partial charge in [-0.2, -0.15) is 0 Å². The lowest BCUT2D eigenvalue weighted by Crippen LogP contribution is -2.40. The molecule has 0 aliphatic rings. The molecule has 0 bridgehead atoms. The Hall–Kier alpha value is -1.35. The summed E-state index contributed by atoms with van der Waals surface area (Å²) in [4.78, 5) is 11.2. The Morgan fingerprint density at radius 1 is 1.35 bits per heavy atom. The van der Waals surface area contributed by atoms with Crippen LogP contribution < -0.4 is 5.32 Å². The molecule has 3 nitrogen and oxygen atoms in total. The van der Waals surface area contributed by atoms with Crippen LogP contribution in [0.1, 0.15) is 49.5 Å². The molecule has 0 saturated carbocycles. The fourth-order valence-corrected chi connectivity index (χ4v) is 1.96. The number of hydrogen-bond donors (Lipinski definition) is 2. The highest BCUT2D eigenvalue weighted by molar-refractivity contribution is 5.89. The Balaban J connectivity index is 3.14. The first-order valence-electron chi connectivity index (χ1n) is 6.13. The highest BCUT2D eigenvalue weighted by Crippen LogP contribution is 2.27. The van der Waals surface area contributed by atoms with Crippen molar-refractivity contribution in [3.8, 4) is 0 Å². The van der Waals surface area contributed by atoms with Crippen LogP contribution in [0.2, 0.25) is 0 Å². The molecular weight excluding hydrogens is 214 g/mol. The Labute approximate surface area is 103 Å². The summed E-state index contributed by atoms with van der Waals surface area (Å²) in [6, 6.07) is 7.22. The molecule has 3 heteroatoms. The molecule has 1 atom stereocenters. The van der Waals surface area contributed by atoms with E-state index in [1.807, 2.05) is 12.1 Å². The smallest absolute Gasteiger partial charge is 0.336 e. The monoisotopic (exact) mass is 235 g/mol. The topological polar surface area (TPSA) is 49.3 Å². The van der Waals surface area contributed by atoms with Gasteiger partial charge in [-0.05, 0) is 37.9 Å². The highest BCUT2D eigenvalue weighted by Gasteiger charge is 2.27. The lowest BCUT2D eigenvalue weighted by Gasteiger charge is -2.31. The van der Waals surface area contributed by atoms with E-state index in [2.05, 4.69) is 26.1 Å². The Morgan fingerprint density at radius 2 is 2.00 bits per heavy atom. The molecule has 0 fully saturated rings. The van der Waals surface area contributed by atoms with Gasteiger partial charge in [-0.25, -0.2) is 4.79 Å². The molecule has 0 heterocycles. The standard InChI is InChI=1S/C14H21NO2/c1-4-10-15-14(3,5-2)12-9-7-6-8-11(12)13(16)17/h6-9,15H,4-5,10H2,1-3H3,(H,16,17). The first kappa shape index (κ1) is 13.7. The summed E-state index contributed by atoms with van der Waals surface area (Å²) in [6.07, 6.45) is 1.89. The summed E-state index contributed by atoms with van der Waals surface area (Å²) < 4.78 is 0. The second-order valence-electron chi connectivity index (χ2n) is 4.46. The van der Waals surface area contributed by atoms with Gasteiger partial charge in [-0.1, -0.05) is 32.0 Å². The van der Waals surface area contributed by atoms with Crippen molar-refractivity contribution in [2.45, 2.75) is 39.2 Å². The van der Waals surface area contributed by atoms with Crippen LogP contribution in [0.15, 0.2) is 24.3 Å². The molecule has 0 aliphatic heterocycles. The molecular formula is C14H21NO2. The number of hydrogen-bond acceptors (Lipinski definition) is 2.